The van der Waals surface area contributed by atoms with Gasteiger partial charge in [0.05, 0.1) is 11.6 Å². The van der Waals surface area contributed by atoms with Crippen LogP contribution in [0.5, 0.6) is 0 Å². The predicted octanol–water partition coefficient (Wildman–Crippen LogP) is 2.00. The topological polar surface area (TPSA) is 58.4 Å². The summed E-state index contributed by atoms with van der Waals surface area (Å²) >= 11 is 0. The first kappa shape index (κ1) is 18.0. The Hall–Kier alpha value is -1.85. The molecule has 25 heavy (non-hydrogen) atoms. The largest absolute Gasteiger partial charge is 0.349 e. The second kappa shape index (κ2) is 6.81. The highest BCUT2D eigenvalue weighted by molar-refractivity contribution is 5.83. The third-order valence-corrected chi connectivity index (χ3v) is 5.98. The fourth-order valence-electron chi connectivity index (χ4n) is 4.66. The van der Waals surface area contributed by atoms with Crippen molar-refractivity contribution in [3.63, 3.8) is 0 Å². The van der Waals surface area contributed by atoms with Gasteiger partial charge in [0, 0.05) is 51.3 Å². The zero-order valence-corrected chi connectivity index (χ0v) is 15.9. The van der Waals surface area contributed by atoms with E-state index in [2.05, 4.69) is 5.10 Å². The van der Waals surface area contributed by atoms with Crippen LogP contribution in [0.15, 0.2) is 6.07 Å². The van der Waals surface area contributed by atoms with Crippen LogP contribution < -0.4 is 0 Å². The lowest BCUT2D eigenvalue weighted by Gasteiger charge is -2.30. The van der Waals surface area contributed by atoms with Gasteiger partial charge in [-0.15, -0.1) is 0 Å². The van der Waals surface area contributed by atoms with Crippen LogP contribution in [0.4, 0.5) is 0 Å². The van der Waals surface area contributed by atoms with E-state index in [-0.39, 0.29) is 23.1 Å². The molecule has 0 N–H and O–H groups in total. The van der Waals surface area contributed by atoms with Gasteiger partial charge in [-0.2, -0.15) is 5.10 Å². The minimum atomic E-state index is -0.0392. The second-order valence-corrected chi connectivity index (χ2v) is 8.03. The van der Waals surface area contributed by atoms with Gasteiger partial charge in [0.1, 0.15) is 0 Å². The molecule has 1 saturated carbocycles. The Kier molecular flexibility index (Phi) is 4.89. The number of aromatic nitrogens is 2. The fraction of sp³-hybridized carbons (Fsp3) is 0.737. The summed E-state index contributed by atoms with van der Waals surface area (Å²) in [5.74, 6) is 0.284. The number of amides is 2. The Balaban J connectivity index is 1.67. The summed E-state index contributed by atoms with van der Waals surface area (Å²) in [5.41, 5.74) is 2.07. The number of carbonyl (C=O) groups excluding carboxylic acids is 2. The first-order valence-electron chi connectivity index (χ1n) is 9.32. The van der Waals surface area contributed by atoms with E-state index < -0.39 is 0 Å². The summed E-state index contributed by atoms with van der Waals surface area (Å²) in [5, 5.41) is 4.43. The third-order valence-electron chi connectivity index (χ3n) is 5.98. The normalized spacial score (nSPS) is 21.9. The van der Waals surface area contributed by atoms with Crippen molar-refractivity contribution < 1.29 is 9.59 Å². The van der Waals surface area contributed by atoms with Crippen LogP contribution in [0.25, 0.3) is 0 Å². The van der Waals surface area contributed by atoms with Gasteiger partial charge in [0.15, 0.2) is 0 Å². The van der Waals surface area contributed by atoms with Crippen molar-refractivity contribution in [1.29, 1.82) is 0 Å². The highest BCUT2D eigenvalue weighted by Gasteiger charge is 2.52. The van der Waals surface area contributed by atoms with Gasteiger partial charge >= 0.3 is 0 Å². The van der Waals surface area contributed by atoms with Gasteiger partial charge in [0.2, 0.25) is 11.8 Å². The highest BCUT2D eigenvalue weighted by Crippen LogP contribution is 2.49. The zero-order valence-electron chi connectivity index (χ0n) is 15.9. The SMILES string of the molecule is Cc1cc(C)n(CCC(=O)N2CC(C(=O)N(C)C)C3(CCCC3)C2)n1. The average Bonchev–Trinajstić information content (AvgIpc) is 3.25. The van der Waals surface area contributed by atoms with Gasteiger partial charge in [-0.05, 0) is 32.8 Å². The molecule has 1 saturated heterocycles. The molecule has 3 rings (SSSR count). The Bertz CT molecular complexity index is 658. The van der Waals surface area contributed by atoms with Gasteiger partial charge in [-0.3, -0.25) is 14.3 Å². The smallest absolute Gasteiger partial charge is 0.227 e. The van der Waals surface area contributed by atoms with Crippen molar-refractivity contribution >= 4 is 11.8 Å². The molecule has 2 fully saturated rings. The molecule has 1 aromatic heterocycles. The molecule has 0 aromatic carbocycles. The first-order chi connectivity index (χ1) is 11.8. The summed E-state index contributed by atoms with van der Waals surface area (Å²) in [6.45, 7) is 5.90. The molecule has 0 radical (unpaired) electrons. The minimum Gasteiger partial charge on any atom is -0.349 e. The lowest BCUT2D eigenvalue weighted by atomic mass is 9.76. The lowest BCUT2D eigenvalue weighted by molar-refractivity contribution is -0.135. The molecule has 1 aliphatic heterocycles. The Morgan fingerprint density at radius 1 is 1.28 bits per heavy atom. The molecule has 138 valence electrons. The number of rotatable bonds is 4. The number of likely N-dealkylation sites (tertiary alicyclic amines) is 1. The number of carbonyl (C=O) groups is 2. The first-order valence-corrected chi connectivity index (χ1v) is 9.32. The van der Waals surface area contributed by atoms with E-state index in [4.69, 9.17) is 0 Å². The molecule has 1 unspecified atom stereocenters. The van der Waals surface area contributed by atoms with E-state index in [1.54, 1.807) is 4.90 Å². The molecule has 6 nitrogen and oxygen atoms in total. The van der Waals surface area contributed by atoms with E-state index in [1.807, 2.05) is 43.6 Å². The van der Waals surface area contributed by atoms with Crippen molar-refractivity contribution in [2.75, 3.05) is 27.2 Å². The molecular weight excluding hydrogens is 316 g/mol. The monoisotopic (exact) mass is 346 g/mol. The fourth-order valence-corrected chi connectivity index (χ4v) is 4.66. The molecule has 1 spiro atoms. The predicted molar refractivity (Wildman–Crippen MR) is 96.0 cm³/mol. The molecule has 1 aromatic rings. The maximum absolute atomic E-state index is 12.8. The minimum absolute atomic E-state index is 0.00914. The number of aryl methyl sites for hydroxylation is 3. The number of hydrogen-bond acceptors (Lipinski definition) is 3. The van der Waals surface area contributed by atoms with Crippen LogP contribution >= 0.6 is 0 Å². The van der Waals surface area contributed by atoms with E-state index >= 15 is 0 Å². The van der Waals surface area contributed by atoms with Gasteiger partial charge in [-0.1, -0.05) is 12.8 Å². The summed E-state index contributed by atoms with van der Waals surface area (Å²) in [4.78, 5) is 29.1. The van der Waals surface area contributed by atoms with Crippen LogP contribution in [0.2, 0.25) is 0 Å². The van der Waals surface area contributed by atoms with Crippen molar-refractivity contribution in [2.45, 2.75) is 52.5 Å². The van der Waals surface area contributed by atoms with E-state index in [1.165, 1.54) is 12.8 Å². The third kappa shape index (κ3) is 3.44. The zero-order chi connectivity index (χ0) is 18.2. The van der Waals surface area contributed by atoms with Crippen LogP contribution in [0.1, 0.15) is 43.5 Å². The van der Waals surface area contributed by atoms with E-state index in [9.17, 15) is 9.59 Å². The summed E-state index contributed by atoms with van der Waals surface area (Å²) in [6.07, 6.45) is 4.92. The highest BCUT2D eigenvalue weighted by atomic mass is 16.2. The van der Waals surface area contributed by atoms with E-state index in [0.29, 0.717) is 19.5 Å². The van der Waals surface area contributed by atoms with Crippen molar-refractivity contribution in [3.8, 4) is 0 Å². The molecular formula is C19H30N4O2. The molecule has 0 bridgehead atoms. The van der Waals surface area contributed by atoms with Crippen LogP contribution in [0.3, 0.4) is 0 Å². The average molecular weight is 346 g/mol. The second-order valence-electron chi connectivity index (χ2n) is 8.03. The van der Waals surface area contributed by atoms with E-state index in [0.717, 1.165) is 30.8 Å². The van der Waals surface area contributed by atoms with Crippen molar-refractivity contribution in [1.82, 2.24) is 19.6 Å². The number of nitrogens with zero attached hydrogens (tertiary/aromatic N) is 4. The summed E-state index contributed by atoms with van der Waals surface area (Å²) in [6, 6.07) is 2.03. The standard InChI is InChI=1S/C19H30N4O2/c1-14-11-15(2)23(20-14)10-7-17(24)22-12-16(18(25)21(3)4)19(13-22)8-5-6-9-19/h11,16H,5-10,12-13H2,1-4H3. The van der Waals surface area contributed by atoms with Crippen LogP contribution in [0, 0.1) is 25.2 Å². The van der Waals surface area contributed by atoms with Crippen LogP contribution in [-0.2, 0) is 16.1 Å². The number of hydrogen-bond donors (Lipinski definition) is 0. The molecule has 1 atom stereocenters. The maximum Gasteiger partial charge on any atom is 0.227 e. The van der Waals surface area contributed by atoms with Crippen molar-refractivity contribution in [2.24, 2.45) is 11.3 Å². The van der Waals surface area contributed by atoms with Crippen LogP contribution in [-0.4, -0.2) is 58.6 Å². The van der Waals surface area contributed by atoms with Gasteiger partial charge < -0.3 is 9.80 Å². The van der Waals surface area contributed by atoms with Crippen molar-refractivity contribution in [3.05, 3.63) is 17.5 Å². The Labute approximate surface area is 150 Å². The molecule has 2 heterocycles. The van der Waals surface area contributed by atoms with Gasteiger partial charge in [0.25, 0.3) is 0 Å². The Morgan fingerprint density at radius 3 is 2.52 bits per heavy atom. The summed E-state index contributed by atoms with van der Waals surface area (Å²) in [7, 11) is 3.64. The molecule has 2 amide bonds. The molecule has 6 heteroatoms. The maximum atomic E-state index is 12.8. The lowest BCUT2D eigenvalue weighted by Crippen LogP contribution is -2.39. The molecule has 1 aliphatic carbocycles. The summed E-state index contributed by atoms with van der Waals surface area (Å²) < 4.78 is 1.90. The molecule has 2 aliphatic rings. The Morgan fingerprint density at radius 2 is 1.96 bits per heavy atom. The van der Waals surface area contributed by atoms with Gasteiger partial charge in [-0.25, -0.2) is 0 Å². The quantitative estimate of drug-likeness (QED) is 0.838.